The van der Waals surface area contributed by atoms with Gasteiger partial charge in [-0.1, -0.05) is 76.8 Å². The van der Waals surface area contributed by atoms with Gasteiger partial charge in [0.1, 0.15) is 0 Å². The maximum absolute atomic E-state index is 12.1. The molecule has 8 heteroatoms. The van der Waals surface area contributed by atoms with Crippen LogP contribution in [0.3, 0.4) is 0 Å². The summed E-state index contributed by atoms with van der Waals surface area (Å²) in [5.41, 5.74) is 1.63. The molecule has 33 heavy (non-hydrogen) atoms. The number of anilines is 1. The molecule has 1 N–H and O–H groups in total. The van der Waals surface area contributed by atoms with Gasteiger partial charge in [0, 0.05) is 18.2 Å². The summed E-state index contributed by atoms with van der Waals surface area (Å²) < 4.78 is 5.21. The number of carbonyl (C=O) groups is 2. The van der Waals surface area contributed by atoms with Gasteiger partial charge in [-0.15, -0.1) is 33.2 Å². The number of hydrogen-bond donors (Lipinski definition) is 1. The monoisotopic (exact) mass is 533 g/mol. The third kappa shape index (κ3) is 18.0. The van der Waals surface area contributed by atoms with E-state index in [0.717, 1.165) is 49.8 Å². The summed E-state index contributed by atoms with van der Waals surface area (Å²) in [6, 6.07) is 5.57. The Balaban J connectivity index is 2.17. The van der Waals surface area contributed by atoms with Gasteiger partial charge in [0.2, 0.25) is 5.91 Å². The van der Waals surface area contributed by atoms with Crippen LogP contribution in [-0.2, 0) is 14.3 Å². The van der Waals surface area contributed by atoms with Crippen LogP contribution in [0.4, 0.5) is 5.69 Å². The van der Waals surface area contributed by atoms with E-state index < -0.39 is 6.00 Å². The number of ether oxygens (including phenoxy) is 1. The van der Waals surface area contributed by atoms with Crippen molar-refractivity contribution in [2.75, 3.05) is 11.9 Å². The summed E-state index contributed by atoms with van der Waals surface area (Å²) in [6.45, 7) is 2.60. The summed E-state index contributed by atoms with van der Waals surface area (Å²) in [6.07, 6.45) is 15.6. The van der Waals surface area contributed by atoms with Gasteiger partial charge in [-0.2, -0.15) is 0 Å². The van der Waals surface area contributed by atoms with Crippen LogP contribution >= 0.6 is 33.2 Å². The fourth-order valence-corrected chi connectivity index (χ4v) is 5.16. The summed E-state index contributed by atoms with van der Waals surface area (Å²) in [7, 11) is 0. The quantitative estimate of drug-likeness (QED) is 0.0675. The number of nitrogens with one attached hydrogen (secondary N) is 1. The highest BCUT2D eigenvalue weighted by atomic mass is 35.8. The fraction of sp³-hybridized carbons (Fsp3) is 0.600. The van der Waals surface area contributed by atoms with Crippen molar-refractivity contribution in [3.8, 4) is 0 Å². The highest BCUT2D eigenvalue weighted by Crippen LogP contribution is 2.27. The minimum atomic E-state index is -2.51. The van der Waals surface area contributed by atoms with E-state index in [2.05, 4.69) is 12.2 Å². The highest BCUT2D eigenvalue weighted by molar-refractivity contribution is 7.64. The number of rotatable bonds is 18. The average molecular weight is 535 g/mol. The Hall–Kier alpha value is -1.01. The first-order valence-electron chi connectivity index (χ1n) is 12.1. The molecule has 0 atom stereocenters. The van der Waals surface area contributed by atoms with E-state index in [1.54, 1.807) is 6.08 Å². The second-order valence-electron chi connectivity index (χ2n) is 8.32. The molecule has 0 saturated carbocycles. The lowest BCUT2D eigenvalue weighted by molar-refractivity contribution is -0.137. The van der Waals surface area contributed by atoms with Gasteiger partial charge in [-0.05, 0) is 42.7 Å². The van der Waals surface area contributed by atoms with Crippen molar-refractivity contribution < 1.29 is 14.3 Å². The molecule has 0 aromatic heterocycles. The number of unbranched alkanes of at least 4 members (excludes halogenated alkanes) is 9. The maximum Gasteiger partial charge on any atom is 0.341 e. The molecule has 186 valence electrons. The van der Waals surface area contributed by atoms with Crippen molar-refractivity contribution >= 4 is 62.9 Å². The lowest BCUT2D eigenvalue weighted by Gasteiger charge is -2.07. The summed E-state index contributed by atoms with van der Waals surface area (Å²) in [5, 5.41) is 2.93. The summed E-state index contributed by atoms with van der Waals surface area (Å²) in [4.78, 5) is 23.9. The first-order chi connectivity index (χ1) is 15.8. The molecule has 0 radical (unpaired) electrons. The maximum atomic E-state index is 12.1. The normalized spacial score (nSPS) is 11.6. The van der Waals surface area contributed by atoms with Gasteiger partial charge >= 0.3 is 12.0 Å². The number of hydrogen-bond acceptors (Lipinski definition) is 3. The van der Waals surface area contributed by atoms with Crippen molar-refractivity contribution in [2.45, 2.75) is 90.0 Å². The third-order valence-corrected chi connectivity index (χ3v) is 7.83. The Morgan fingerprint density at radius 1 is 0.879 bits per heavy atom. The fourth-order valence-electron chi connectivity index (χ4n) is 3.31. The van der Waals surface area contributed by atoms with Gasteiger partial charge in [-0.3, -0.25) is 4.79 Å². The average Bonchev–Trinajstić information content (AvgIpc) is 2.76. The SMILES string of the molecule is CCCCCCCCCC(=O)Nc1ccc(/C=C/C(=O)OCCCCCC[Si](Cl)(Cl)Cl)cc1. The first kappa shape index (κ1) is 30.0. The van der Waals surface area contributed by atoms with E-state index in [-0.39, 0.29) is 11.9 Å². The van der Waals surface area contributed by atoms with Crippen LogP contribution < -0.4 is 5.32 Å². The third-order valence-electron chi connectivity index (χ3n) is 5.21. The smallest absolute Gasteiger partial charge is 0.341 e. The van der Waals surface area contributed by atoms with Crippen LogP contribution in [0, 0.1) is 0 Å². The van der Waals surface area contributed by atoms with Crippen molar-refractivity contribution in [1.29, 1.82) is 0 Å². The van der Waals surface area contributed by atoms with E-state index in [1.807, 2.05) is 24.3 Å². The molecule has 4 nitrogen and oxygen atoms in total. The molecule has 0 bridgehead atoms. The lowest BCUT2D eigenvalue weighted by atomic mass is 10.1. The number of halogens is 3. The molecule has 1 rings (SSSR count). The number of carbonyl (C=O) groups excluding carboxylic acids is 2. The van der Waals surface area contributed by atoms with Gasteiger partial charge in [-0.25, -0.2) is 4.79 Å². The van der Waals surface area contributed by atoms with Gasteiger partial charge < -0.3 is 10.1 Å². The molecule has 0 heterocycles. The molecule has 1 aromatic carbocycles. The van der Waals surface area contributed by atoms with E-state index in [1.165, 1.54) is 38.2 Å². The summed E-state index contributed by atoms with van der Waals surface area (Å²) in [5.74, 6) is -0.319. The molecule has 1 amide bonds. The molecule has 1 aromatic rings. The zero-order chi connectivity index (χ0) is 24.4. The minimum Gasteiger partial charge on any atom is -0.463 e. The number of amides is 1. The second kappa shape index (κ2) is 18.3. The van der Waals surface area contributed by atoms with Gasteiger partial charge in [0.25, 0.3) is 0 Å². The van der Waals surface area contributed by atoms with Gasteiger partial charge in [0.05, 0.1) is 6.61 Å². The topological polar surface area (TPSA) is 55.4 Å². The molecule has 0 saturated heterocycles. The Morgan fingerprint density at radius 3 is 2.15 bits per heavy atom. The van der Waals surface area contributed by atoms with Crippen molar-refractivity contribution in [1.82, 2.24) is 0 Å². The van der Waals surface area contributed by atoms with Crippen LogP contribution in [0.2, 0.25) is 6.04 Å². The largest absolute Gasteiger partial charge is 0.463 e. The molecule has 0 aliphatic rings. The molecule has 0 aliphatic carbocycles. The zero-order valence-electron chi connectivity index (χ0n) is 19.7. The number of benzene rings is 1. The van der Waals surface area contributed by atoms with Crippen LogP contribution in [0.15, 0.2) is 30.3 Å². The molecular weight excluding hydrogens is 497 g/mol. The zero-order valence-corrected chi connectivity index (χ0v) is 23.0. The standard InChI is InChI=1S/C25H38Cl3NO3Si/c1-2-3-4-5-6-7-10-13-24(30)29-23-17-14-22(15-18-23)16-19-25(31)32-20-11-8-9-12-21-33(26,27)28/h14-19H,2-13,20-21H2,1H3,(H,29,30)/b19-16+. The Morgan fingerprint density at radius 2 is 1.48 bits per heavy atom. The van der Waals surface area contributed by atoms with E-state index >= 15 is 0 Å². The van der Waals surface area contributed by atoms with Crippen LogP contribution in [-0.4, -0.2) is 24.5 Å². The summed E-state index contributed by atoms with van der Waals surface area (Å²) >= 11 is 17.5. The van der Waals surface area contributed by atoms with Crippen molar-refractivity contribution in [3.05, 3.63) is 35.9 Å². The lowest BCUT2D eigenvalue weighted by Crippen LogP contribution is -2.10. The number of esters is 1. The van der Waals surface area contributed by atoms with Crippen LogP contribution in [0.5, 0.6) is 0 Å². The predicted octanol–water partition coefficient (Wildman–Crippen LogP) is 8.54. The molecule has 0 fully saturated rings. The first-order valence-corrected chi connectivity index (χ1v) is 17.4. The van der Waals surface area contributed by atoms with E-state index in [9.17, 15) is 9.59 Å². The second-order valence-corrected chi connectivity index (χ2v) is 17.6. The van der Waals surface area contributed by atoms with E-state index in [0.29, 0.717) is 19.1 Å². The minimum absolute atomic E-state index is 0.0461. The Bertz CT molecular complexity index is 706. The highest BCUT2D eigenvalue weighted by Gasteiger charge is 2.23. The molecule has 0 unspecified atom stereocenters. The molecular formula is C25H38Cl3NO3Si. The molecule has 0 spiro atoms. The van der Waals surface area contributed by atoms with Crippen molar-refractivity contribution in [3.63, 3.8) is 0 Å². The van der Waals surface area contributed by atoms with E-state index in [4.69, 9.17) is 38.0 Å². The van der Waals surface area contributed by atoms with Crippen LogP contribution in [0.1, 0.15) is 89.5 Å². The molecule has 0 aliphatic heterocycles. The Labute approximate surface area is 214 Å². The van der Waals surface area contributed by atoms with Crippen LogP contribution in [0.25, 0.3) is 6.08 Å². The predicted molar refractivity (Wildman–Crippen MR) is 144 cm³/mol. The van der Waals surface area contributed by atoms with Crippen molar-refractivity contribution in [2.24, 2.45) is 0 Å². The van der Waals surface area contributed by atoms with Gasteiger partial charge in [0.15, 0.2) is 0 Å². The Kier molecular flexibility index (Phi) is 16.7.